The predicted molar refractivity (Wildman–Crippen MR) is 113 cm³/mol. The van der Waals surface area contributed by atoms with Gasteiger partial charge in [-0.05, 0) is 42.7 Å². The Morgan fingerprint density at radius 3 is 2.21 bits per heavy atom. The molecule has 0 radical (unpaired) electrons. The predicted octanol–water partition coefficient (Wildman–Crippen LogP) is 3.36. The van der Waals surface area contributed by atoms with Crippen LogP contribution in [0.4, 0.5) is 0 Å². The van der Waals surface area contributed by atoms with Gasteiger partial charge in [0.1, 0.15) is 5.75 Å². The second-order valence-electron chi connectivity index (χ2n) is 7.35. The second-order valence-corrected chi connectivity index (χ2v) is 9.29. The molecule has 0 bridgehead atoms. The molecule has 0 saturated carbocycles. The highest BCUT2D eigenvalue weighted by atomic mass is 32.2. The van der Waals surface area contributed by atoms with Crippen LogP contribution in [-0.2, 0) is 10.0 Å². The molecule has 3 rings (SSSR count). The quantitative estimate of drug-likeness (QED) is 0.724. The summed E-state index contributed by atoms with van der Waals surface area (Å²) in [5.41, 5.74) is 1.61. The van der Waals surface area contributed by atoms with E-state index in [4.69, 9.17) is 4.74 Å². The molecule has 7 heteroatoms. The molecule has 0 spiro atoms. The van der Waals surface area contributed by atoms with Gasteiger partial charge < -0.3 is 9.64 Å². The van der Waals surface area contributed by atoms with Crippen LogP contribution in [0.25, 0.3) is 0 Å². The van der Waals surface area contributed by atoms with Crippen molar-refractivity contribution in [2.24, 2.45) is 0 Å². The van der Waals surface area contributed by atoms with E-state index >= 15 is 0 Å². The van der Waals surface area contributed by atoms with Gasteiger partial charge in [0.15, 0.2) is 0 Å². The van der Waals surface area contributed by atoms with Crippen molar-refractivity contribution >= 4 is 15.9 Å². The lowest BCUT2D eigenvalue weighted by Gasteiger charge is -2.34. The van der Waals surface area contributed by atoms with Crippen LogP contribution < -0.4 is 4.74 Å². The number of amides is 1. The Morgan fingerprint density at radius 1 is 1.00 bits per heavy atom. The van der Waals surface area contributed by atoms with E-state index in [0.29, 0.717) is 41.8 Å². The lowest BCUT2D eigenvalue weighted by atomic mass is 10.0. The molecule has 1 aliphatic rings. The maximum atomic E-state index is 13.0. The van der Waals surface area contributed by atoms with Crippen molar-refractivity contribution < 1.29 is 17.9 Å². The first-order valence-corrected chi connectivity index (χ1v) is 11.4. The lowest BCUT2D eigenvalue weighted by Crippen LogP contribution is -2.50. The zero-order valence-corrected chi connectivity index (χ0v) is 18.0. The number of nitrogens with zero attached hydrogens (tertiary/aromatic N) is 2. The SMILES string of the molecule is CCOc1ccccc1C(=O)N1CCN(S(=O)(=O)c2ccc(C(C)C)cc2)CC1. The largest absolute Gasteiger partial charge is 0.493 e. The van der Waals surface area contributed by atoms with Gasteiger partial charge in [-0.3, -0.25) is 4.79 Å². The summed E-state index contributed by atoms with van der Waals surface area (Å²) in [5.74, 6) is 0.772. The minimum absolute atomic E-state index is 0.132. The fourth-order valence-corrected chi connectivity index (χ4v) is 4.82. The number of rotatable bonds is 6. The molecule has 0 N–H and O–H groups in total. The number of para-hydroxylation sites is 1. The highest BCUT2D eigenvalue weighted by Gasteiger charge is 2.31. The van der Waals surface area contributed by atoms with E-state index in [1.807, 2.05) is 25.1 Å². The molecule has 2 aromatic carbocycles. The Bertz CT molecular complexity index is 947. The molecule has 0 unspecified atom stereocenters. The van der Waals surface area contributed by atoms with Crippen molar-refractivity contribution in [3.05, 3.63) is 59.7 Å². The molecule has 1 amide bonds. The molecule has 0 aromatic heterocycles. The van der Waals surface area contributed by atoms with Crippen LogP contribution in [0.5, 0.6) is 5.75 Å². The number of benzene rings is 2. The van der Waals surface area contributed by atoms with Gasteiger partial charge in [0.05, 0.1) is 17.1 Å². The Kier molecular flexibility index (Phi) is 6.59. The van der Waals surface area contributed by atoms with Crippen LogP contribution >= 0.6 is 0 Å². The molecular formula is C22H28N2O4S. The normalized spacial score (nSPS) is 15.5. The van der Waals surface area contributed by atoms with E-state index in [1.165, 1.54) is 4.31 Å². The van der Waals surface area contributed by atoms with E-state index in [0.717, 1.165) is 5.56 Å². The minimum atomic E-state index is -3.56. The van der Waals surface area contributed by atoms with Crippen molar-refractivity contribution in [2.45, 2.75) is 31.6 Å². The Balaban J connectivity index is 1.69. The molecule has 0 atom stereocenters. The number of carbonyl (C=O) groups excluding carboxylic acids is 1. The number of sulfonamides is 1. The smallest absolute Gasteiger partial charge is 0.257 e. The molecule has 1 fully saturated rings. The average Bonchev–Trinajstić information content (AvgIpc) is 2.74. The highest BCUT2D eigenvalue weighted by molar-refractivity contribution is 7.89. The zero-order chi connectivity index (χ0) is 21.0. The fraction of sp³-hybridized carbons (Fsp3) is 0.409. The monoisotopic (exact) mass is 416 g/mol. The van der Waals surface area contributed by atoms with Gasteiger partial charge in [-0.2, -0.15) is 4.31 Å². The maximum Gasteiger partial charge on any atom is 0.257 e. The van der Waals surface area contributed by atoms with Gasteiger partial charge in [-0.15, -0.1) is 0 Å². The van der Waals surface area contributed by atoms with E-state index in [9.17, 15) is 13.2 Å². The molecular weight excluding hydrogens is 388 g/mol. The van der Waals surface area contributed by atoms with Gasteiger partial charge in [0.25, 0.3) is 5.91 Å². The van der Waals surface area contributed by atoms with Crippen molar-refractivity contribution in [1.29, 1.82) is 0 Å². The third-order valence-corrected chi connectivity index (χ3v) is 7.04. The number of hydrogen-bond donors (Lipinski definition) is 0. The van der Waals surface area contributed by atoms with Crippen LogP contribution in [-0.4, -0.2) is 56.3 Å². The molecule has 0 aliphatic carbocycles. The van der Waals surface area contributed by atoms with Gasteiger partial charge in [-0.25, -0.2) is 8.42 Å². The lowest BCUT2D eigenvalue weighted by molar-refractivity contribution is 0.0693. The van der Waals surface area contributed by atoms with E-state index < -0.39 is 10.0 Å². The van der Waals surface area contributed by atoms with Crippen molar-refractivity contribution in [3.8, 4) is 5.75 Å². The van der Waals surface area contributed by atoms with Crippen LogP contribution in [0, 0.1) is 0 Å². The minimum Gasteiger partial charge on any atom is -0.493 e. The number of ether oxygens (including phenoxy) is 1. The van der Waals surface area contributed by atoms with Crippen LogP contribution in [0.1, 0.15) is 42.6 Å². The van der Waals surface area contributed by atoms with Gasteiger partial charge >= 0.3 is 0 Å². The summed E-state index contributed by atoms with van der Waals surface area (Å²) in [7, 11) is -3.56. The van der Waals surface area contributed by atoms with E-state index in [1.54, 1.807) is 35.2 Å². The first kappa shape index (κ1) is 21.3. The van der Waals surface area contributed by atoms with Crippen molar-refractivity contribution in [1.82, 2.24) is 9.21 Å². The Hall–Kier alpha value is -2.38. The number of piperazine rings is 1. The molecule has 1 aliphatic heterocycles. The summed E-state index contributed by atoms with van der Waals surface area (Å²) in [6, 6.07) is 14.2. The zero-order valence-electron chi connectivity index (χ0n) is 17.2. The van der Waals surface area contributed by atoms with E-state index in [2.05, 4.69) is 13.8 Å². The first-order valence-electron chi connectivity index (χ1n) is 9.95. The summed E-state index contributed by atoms with van der Waals surface area (Å²) >= 11 is 0. The molecule has 156 valence electrons. The summed E-state index contributed by atoms with van der Waals surface area (Å²) in [6.45, 7) is 7.75. The number of hydrogen-bond acceptors (Lipinski definition) is 4. The van der Waals surface area contributed by atoms with Crippen LogP contribution in [0.2, 0.25) is 0 Å². The fourth-order valence-electron chi connectivity index (χ4n) is 3.40. The summed E-state index contributed by atoms with van der Waals surface area (Å²) in [5, 5.41) is 0. The highest BCUT2D eigenvalue weighted by Crippen LogP contribution is 2.23. The van der Waals surface area contributed by atoms with Crippen molar-refractivity contribution in [3.63, 3.8) is 0 Å². The number of carbonyl (C=O) groups is 1. The van der Waals surface area contributed by atoms with Gasteiger partial charge in [0.2, 0.25) is 10.0 Å². The Labute approximate surface area is 173 Å². The summed E-state index contributed by atoms with van der Waals surface area (Å²) < 4.78 is 32.9. The standard InChI is InChI=1S/C22H28N2O4S/c1-4-28-21-8-6-5-7-20(21)22(25)23-13-15-24(16-14-23)29(26,27)19-11-9-18(10-12-19)17(2)3/h5-12,17H,4,13-16H2,1-3H3. The molecule has 1 saturated heterocycles. The summed E-state index contributed by atoms with van der Waals surface area (Å²) in [4.78, 5) is 14.9. The topological polar surface area (TPSA) is 66.9 Å². The summed E-state index contributed by atoms with van der Waals surface area (Å²) in [6.07, 6.45) is 0. The van der Waals surface area contributed by atoms with Gasteiger partial charge in [-0.1, -0.05) is 38.1 Å². The third-order valence-electron chi connectivity index (χ3n) is 5.13. The average molecular weight is 417 g/mol. The van der Waals surface area contributed by atoms with Crippen molar-refractivity contribution in [2.75, 3.05) is 32.8 Å². The molecule has 2 aromatic rings. The third kappa shape index (κ3) is 4.62. The maximum absolute atomic E-state index is 13.0. The molecule has 1 heterocycles. The van der Waals surface area contributed by atoms with E-state index in [-0.39, 0.29) is 19.0 Å². The Morgan fingerprint density at radius 2 is 1.62 bits per heavy atom. The second kappa shape index (κ2) is 8.97. The van der Waals surface area contributed by atoms with Crippen LogP contribution in [0.15, 0.2) is 53.4 Å². The first-order chi connectivity index (χ1) is 13.8. The molecule has 29 heavy (non-hydrogen) atoms. The molecule has 6 nitrogen and oxygen atoms in total. The van der Waals surface area contributed by atoms with Gasteiger partial charge in [0, 0.05) is 26.2 Å². The van der Waals surface area contributed by atoms with Crippen LogP contribution in [0.3, 0.4) is 0 Å².